The van der Waals surface area contributed by atoms with Crippen molar-refractivity contribution in [2.75, 3.05) is 6.54 Å². The lowest BCUT2D eigenvalue weighted by Crippen LogP contribution is -2.32. The molecule has 0 bridgehead atoms. The third kappa shape index (κ3) is 4.71. The molecule has 1 aromatic rings. The molecule has 0 atom stereocenters. The first-order valence-electron chi connectivity index (χ1n) is 5.75. The highest BCUT2D eigenvalue weighted by molar-refractivity contribution is 8.14. The number of amides is 1. The van der Waals surface area contributed by atoms with Gasteiger partial charge in [-0.2, -0.15) is 0 Å². The minimum atomic E-state index is -4.40. The highest BCUT2D eigenvalue weighted by atomic mass is 35.7. The molecule has 9 heteroatoms. The van der Waals surface area contributed by atoms with Crippen LogP contribution in [-0.2, 0) is 9.05 Å². The van der Waals surface area contributed by atoms with Crippen LogP contribution in [0.2, 0.25) is 10.0 Å². The first-order valence-corrected chi connectivity index (χ1v) is 8.81. The van der Waals surface area contributed by atoms with Crippen molar-refractivity contribution in [3.63, 3.8) is 0 Å². The van der Waals surface area contributed by atoms with Crippen molar-refractivity contribution in [2.24, 2.45) is 5.41 Å². The van der Waals surface area contributed by atoms with Crippen LogP contribution in [0.15, 0.2) is 11.0 Å². The SMILES string of the molecule is CC(C)(C)CNC(=O)c1cc(F)c(Cl)c(S(=O)(=O)Cl)c1Cl. The Labute approximate surface area is 137 Å². The van der Waals surface area contributed by atoms with Gasteiger partial charge in [-0.3, -0.25) is 4.79 Å². The topological polar surface area (TPSA) is 63.2 Å². The van der Waals surface area contributed by atoms with Gasteiger partial charge in [0.2, 0.25) is 0 Å². The summed E-state index contributed by atoms with van der Waals surface area (Å²) in [6.07, 6.45) is 0. The molecule has 1 N–H and O–H groups in total. The molecule has 118 valence electrons. The molecule has 0 aliphatic heterocycles. The summed E-state index contributed by atoms with van der Waals surface area (Å²) >= 11 is 11.4. The van der Waals surface area contributed by atoms with Crippen molar-refractivity contribution in [1.82, 2.24) is 5.32 Å². The van der Waals surface area contributed by atoms with E-state index in [0.717, 1.165) is 6.07 Å². The molecule has 0 saturated heterocycles. The smallest absolute Gasteiger partial charge is 0.264 e. The van der Waals surface area contributed by atoms with Crippen molar-refractivity contribution in [2.45, 2.75) is 25.7 Å². The average molecular weight is 377 g/mol. The quantitative estimate of drug-likeness (QED) is 0.644. The van der Waals surface area contributed by atoms with Crippen LogP contribution in [0, 0.1) is 11.2 Å². The molecule has 0 aliphatic carbocycles. The van der Waals surface area contributed by atoms with E-state index in [0.29, 0.717) is 0 Å². The second-order valence-electron chi connectivity index (χ2n) is 5.54. The largest absolute Gasteiger partial charge is 0.351 e. The second-order valence-corrected chi connectivity index (χ2v) is 8.80. The van der Waals surface area contributed by atoms with Crippen molar-refractivity contribution in [3.05, 3.63) is 27.5 Å². The molecule has 0 heterocycles. The van der Waals surface area contributed by atoms with E-state index in [-0.39, 0.29) is 17.5 Å². The van der Waals surface area contributed by atoms with Gasteiger partial charge in [-0.05, 0) is 11.5 Å². The Bertz CT molecular complexity index is 684. The van der Waals surface area contributed by atoms with E-state index in [2.05, 4.69) is 5.32 Å². The summed E-state index contributed by atoms with van der Waals surface area (Å²) in [5, 5.41) is 1.27. The van der Waals surface area contributed by atoms with Crippen LogP contribution in [0.3, 0.4) is 0 Å². The van der Waals surface area contributed by atoms with E-state index in [1.54, 1.807) is 0 Å². The number of hydrogen-bond acceptors (Lipinski definition) is 3. The summed E-state index contributed by atoms with van der Waals surface area (Å²) in [5.41, 5.74) is -0.559. The van der Waals surface area contributed by atoms with Gasteiger partial charge in [0.1, 0.15) is 10.7 Å². The maximum atomic E-state index is 13.7. The molecule has 0 unspecified atom stereocenters. The highest BCUT2D eigenvalue weighted by Gasteiger charge is 2.27. The molecule has 0 radical (unpaired) electrons. The van der Waals surface area contributed by atoms with Gasteiger partial charge in [0.05, 0.1) is 15.6 Å². The Kier molecular flexibility index (Phi) is 5.53. The maximum absolute atomic E-state index is 13.7. The van der Waals surface area contributed by atoms with E-state index in [1.807, 2.05) is 20.8 Å². The van der Waals surface area contributed by atoms with Crippen LogP contribution < -0.4 is 5.32 Å². The van der Waals surface area contributed by atoms with Gasteiger partial charge in [-0.1, -0.05) is 44.0 Å². The Morgan fingerprint density at radius 2 is 1.81 bits per heavy atom. The lowest BCUT2D eigenvalue weighted by atomic mass is 9.97. The number of rotatable bonds is 3. The zero-order chi connectivity index (χ0) is 16.6. The van der Waals surface area contributed by atoms with Gasteiger partial charge in [-0.15, -0.1) is 0 Å². The predicted molar refractivity (Wildman–Crippen MR) is 81.2 cm³/mol. The average Bonchev–Trinajstić information content (AvgIpc) is 2.28. The van der Waals surface area contributed by atoms with Crippen LogP contribution in [0.4, 0.5) is 4.39 Å². The lowest BCUT2D eigenvalue weighted by Gasteiger charge is -2.19. The van der Waals surface area contributed by atoms with E-state index < -0.39 is 35.7 Å². The number of hydrogen-bond donors (Lipinski definition) is 1. The normalized spacial score (nSPS) is 12.3. The second kappa shape index (κ2) is 6.28. The van der Waals surface area contributed by atoms with Gasteiger partial charge in [0.15, 0.2) is 0 Å². The molecule has 0 fully saturated rings. The number of nitrogens with one attached hydrogen (secondary N) is 1. The first kappa shape index (κ1) is 18.5. The van der Waals surface area contributed by atoms with Crippen LogP contribution in [0.25, 0.3) is 0 Å². The van der Waals surface area contributed by atoms with Gasteiger partial charge < -0.3 is 5.32 Å². The summed E-state index contributed by atoms with van der Waals surface area (Å²) in [6, 6.07) is 0.772. The van der Waals surface area contributed by atoms with E-state index >= 15 is 0 Å². The third-order valence-corrected chi connectivity index (χ3v) is 4.73. The van der Waals surface area contributed by atoms with Crippen molar-refractivity contribution >= 4 is 48.8 Å². The van der Waals surface area contributed by atoms with Gasteiger partial charge >= 0.3 is 0 Å². The summed E-state index contributed by atoms with van der Waals surface area (Å²) in [7, 11) is 0.775. The van der Waals surface area contributed by atoms with Crippen LogP contribution in [-0.4, -0.2) is 20.9 Å². The van der Waals surface area contributed by atoms with E-state index in [4.69, 9.17) is 33.9 Å². The van der Waals surface area contributed by atoms with Gasteiger partial charge in [0, 0.05) is 17.2 Å². The van der Waals surface area contributed by atoms with Gasteiger partial charge in [-0.25, -0.2) is 12.8 Å². The van der Waals surface area contributed by atoms with Crippen molar-refractivity contribution in [1.29, 1.82) is 0 Å². The first-order chi connectivity index (χ1) is 9.34. The van der Waals surface area contributed by atoms with Crippen LogP contribution in [0.1, 0.15) is 31.1 Å². The van der Waals surface area contributed by atoms with Crippen LogP contribution >= 0.6 is 33.9 Å². The predicted octanol–water partition coefficient (Wildman–Crippen LogP) is 3.84. The van der Waals surface area contributed by atoms with E-state index in [9.17, 15) is 17.6 Å². The van der Waals surface area contributed by atoms with E-state index in [1.165, 1.54) is 0 Å². The molecular formula is C12H13Cl3FNO3S. The number of benzene rings is 1. The van der Waals surface area contributed by atoms with Crippen molar-refractivity contribution < 1.29 is 17.6 Å². The summed E-state index contributed by atoms with van der Waals surface area (Å²) < 4.78 is 36.5. The summed E-state index contributed by atoms with van der Waals surface area (Å²) in [5.74, 6) is -1.81. The zero-order valence-corrected chi connectivity index (χ0v) is 14.5. The number of halogens is 4. The molecule has 0 saturated carbocycles. The monoisotopic (exact) mass is 375 g/mol. The molecular weight excluding hydrogens is 364 g/mol. The highest BCUT2D eigenvalue weighted by Crippen LogP contribution is 2.36. The minimum Gasteiger partial charge on any atom is -0.351 e. The Hall–Kier alpha value is -0.560. The van der Waals surface area contributed by atoms with Gasteiger partial charge in [0.25, 0.3) is 15.0 Å². The summed E-state index contributed by atoms with van der Waals surface area (Å²) in [6.45, 7) is 5.93. The molecule has 4 nitrogen and oxygen atoms in total. The number of carbonyl (C=O) groups excluding carboxylic acids is 1. The molecule has 0 spiro atoms. The molecule has 0 aromatic heterocycles. The fraction of sp³-hybridized carbons (Fsp3) is 0.417. The Morgan fingerprint density at radius 3 is 2.24 bits per heavy atom. The Balaban J connectivity index is 3.33. The molecule has 21 heavy (non-hydrogen) atoms. The van der Waals surface area contributed by atoms with Crippen molar-refractivity contribution in [3.8, 4) is 0 Å². The Morgan fingerprint density at radius 1 is 1.29 bits per heavy atom. The standard InChI is InChI=1S/C12H13Cl3FNO3S/c1-12(2,3)5-17-11(18)6-4-7(16)9(14)10(8(6)13)21(15,19)20/h4H,5H2,1-3H3,(H,17,18). The summed E-state index contributed by atoms with van der Waals surface area (Å²) in [4.78, 5) is 11.2. The molecule has 1 aromatic carbocycles. The lowest BCUT2D eigenvalue weighted by molar-refractivity contribution is 0.0939. The zero-order valence-electron chi connectivity index (χ0n) is 11.4. The molecule has 1 rings (SSSR count). The molecule has 1 amide bonds. The molecule has 0 aliphatic rings. The fourth-order valence-electron chi connectivity index (χ4n) is 1.40. The number of carbonyl (C=O) groups is 1. The fourth-order valence-corrected chi connectivity index (χ4v) is 3.78. The van der Waals surface area contributed by atoms with Crippen LogP contribution in [0.5, 0.6) is 0 Å². The third-order valence-electron chi connectivity index (χ3n) is 2.38. The minimum absolute atomic E-state index is 0.214. The maximum Gasteiger partial charge on any atom is 0.264 e.